The lowest BCUT2D eigenvalue weighted by Crippen LogP contribution is -2.02. The largest absolute Gasteiger partial charge is 0.441 e. The first kappa shape index (κ1) is 11.0. The highest BCUT2D eigenvalue weighted by molar-refractivity contribution is 5.94. The molecule has 5 heteroatoms. The average Bonchev–Trinajstić information content (AvgIpc) is 2.96. The molecule has 3 aromatic rings. The quantitative estimate of drug-likeness (QED) is 0.744. The topological polar surface area (TPSA) is 67.8 Å². The lowest BCUT2D eigenvalue weighted by molar-refractivity contribution is 0.508. The SMILES string of the molecule is NCCc1ncc(-c2c[nH]c3cccc(F)c23)o1. The van der Waals surface area contributed by atoms with Crippen molar-refractivity contribution >= 4 is 10.9 Å². The maximum Gasteiger partial charge on any atom is 0.196 e. The molecule has 2 aromatic heterocycles. The van der Waals surface area contributed by atoms with Crippen molar-refractivity contribution in [2.24, 2.45) is 5.73 Å². The van der Waals surface area contributed by atoms with Crippen LogP contribution in [-0.2, 0) is 6.42 Å². The molecule has 4 nitrogen and oxygen atoms in total. The third kappa shape index (κ3) is 1.69. The summed E-state index contributed by atoms with van der Waals surface area (Å²) in [5, 5.41) is 0.521. The van der Waals surface area contributed by atoms with Crippen molar-refractivity contribution in [3.8, 4) is 11.3 Å². The minimum absolute atomic E-state index is 0.277. The van der Waals surface area contributed by atoms with E-state index < -0.39 is 0 Å². The van der Waals surface area contributed by atoms with Crippen LogP contribution in [0.4, 0.5) is 4.39 Å². The Labute approximate surface area is 103 Å². The van der Waals surface area contributed by atoms with Crippen LogP contribution in [0, 0.1) is 5.82 Å². The second-order valence-electron chi connectivity index (χ2n) is 4.02. The van der Waals surface area contributed by atoms with Gasteiger partial charge in [0, 0.05) is 35.6 Å². The Balaban J connectivity index is 2.13. The van der Waals surface area contributed by atoms with Crippen LogP contribution in [0.3, 0.4) is 0 Å². The summed E-state index contributed by atoms with van der Waals surface area (Å²) >= 11 is 0. The zero-order valence-corrected chi connectivity index (χ0v) is 9.61. The van der Waals surface area contributed by atoms with Gasteiger partial charge in [-0.1, -0.05) is 6.07 Å². The van der Waals surface area contributed by atoms with Gasteiger partial charge in [-0.15, -0.1) is 0 Å². The zero-order valence-electron chi connectivity index (χ0n) is 9.61. The summed E-state index contributed by atoms with van der Waals surface area (Å²) in [5.74, 6) is 0.841. The first-order chi connectivity index (χ1) is 8.79. The Morgan fingerprint density at radius 3 is 3.11 bits per heavy atom. The van der Waals surface area contributed by atoms with Gasteiger partial charge in [0.1, 0.15) is 5.82 Å². The fourth-order valence-corrected chi connectivity index (χ4v) is 2.01. The molecular formula is C13H12FN3O. The lowest BCUT2D eigenvalue weighted by Gasteiger charge is -1.96. The van der Waals surface area contributed by atoms with E-state index in [0.29, 0.717) is 35.6 Å². The normalized spacial score (nSPS) is 11.2. The number of rotatable bonds is 3. The molecule has 0 spiro atoms. The molecule has 0 aliphatic heterocycles. The molecule has 0 aliphatic carbocycles. The van der Waals surface area contributed by atoms with Gasteiger partial charge in [0.2, 0.25) is 0 Å². The molecule has 0 unspecified atom stereocenters. The maximum absolute atomic E-state index is 13.8. The number of nitrogens with two attached hydrogens (primary N) is 1. The first-order valence-electron chi connectivity index (χ1n) is 5.70. The molecule has 1 aromatic carbocycles. The third-order valence-electron chi connectivity index (χ3n) is 2.83. The average molecular weight is 245 g/mol. The number of hydrogen-bond acceptors (Lipinski definition) is 3. The van der Waals surface area contributed by atoms with Crippen molar-refractivity contribution < 1.29 is 8.81 Å². The molecule has 3 rings (SSSR count). The van der Waals surface area contributed by atoms with Crippen LogP contribution in [0.15, 0.2) is 35.0 Å². The summed E-state index contributed by atoms with van der Waals surface area (Å²) in [5.41, 5.74) is 6.85. The van der Waals surface area contributed by atoms with Crippen LogP contribution in [-0.4, -0.2) is 16.5 Å². The Morgan fingerprint density at radius 1 is 1.39 bits per heavy atom. The van der Waals surface area contributed by atoms with Crippen LogP contribution in [0.25, 0.3) is 22.2 Å². The fourth-order valence-electron chi connectivity index (χ4n) is 2.01. The van der Waals surface area contributed by atoms with Gasteiger partial charge in [-0.2, -0.15) is 0 Å². The predicted octanol–water partition coefficient (Wildman–Crippen LogP) is 2.46. The molecule has 92 valence electrons. The minimum Gasteiger partial charge on any atom is -0.441 e. The molecule has 0 saturated carbocycles. The van der Waals surface area contributed by atoms with Crippen LogP contribution >= 0.6 is 0 Å². The molecule has 0 atom stereocenters. The second kappa shape index (κ2) is 4.27. The summed E-state index contributed by atoms with van der Waals surface area (Å²) in [6, 6.07) is 4.91. The highest BCUT2D eigenvalue weighted by Crippen LogP contribution is 2.30. The molecule has 0 bridgehead atoms. The number of nitrogens with one attached hydrogen (secondary N) is 1. The van der Waals surface area contributed by atoms with Crippen LogP contribution in [0.1, 0.15) is 5.89 Å². The molecule has 0 saturated heterocycles. The van der Waals surface area contributed by atoms with Gasteiger partial charge in [0.25, 0.3) is 0 Å². The summed E-state index contributed by atoms with van der Waals surface area (Å²) in [4.78, 5) is 7.13. The van der Waals surface area contributed by atoms with Crippen molar-refractivity contribution in [1.29, 1.82) is 0 Å². The van der Waals surface area contributed by atoms with Gasteiger partial charge in [-0.25, -0.2) is 9.37 Å². The van der Waals surface area contributed by atoms with E-state index in [1.165, 1.54) is 6.07 Å². The zero-order chi connectivity index (χ0) is 12.5. The Hall–Kier alpha value is -2.14. The highest BCUT2D eigenvalue weighted by atomic mass is 19.1. The monoisotopic (exact) mass is 245 g/mol. The Bertz CT molecular complexity index is 686. The van der Waals surface area contributed by atoms with E-state index in [1.54, 1.807) is 18.5 Å². The van der Waals surface area contributed by atoms with Gasteiger partial charge in [0.05, 0.1) is 6.20 Å². The number of oxazole rings is 1. The number of nitrogens with zero attached hydrogens (tertiary/aromatic N) is 1. The van der Waals surface area contributed by atoms with E-state index in [9.17, 15) is 4.39 Å². The number of hydrogen-bond donors (Lipinski definition) is 2. The Morgan fingerprint density at radius 2 is 2.28 bits per heavy atom. The van der Waals surface area contributed by atoms with Crippen molar-refractivity contribution in [3.05, 3.63) is 42.3 Å². The van der Waals surface area contributed by atoms with Gasteiger partial charge >= 0.3 is 0 Å². The summed E-state index contributed by atoms with van der Waals surface area (Å²) in [7, 11) is 0. The molecule has 0 aliphatic rings. The fraction of sp³-hybridized carbons (Fsp3) is 0.154. The second-order valence-corrected chi connectivity index (χ2v) is 4.02. The van der Waals surface area contributed by atoms with Crippen LogP contribution < -0.4 is 5.73 Å². The number of aromatic amines is 1. The van der Waals surface area contributed by atoms with E-state index in [2.05, 4.69) is 9.97 Å². The summed E-state index contributed by atoms with van der Waals surface area (Å²) in [6.07, 6.45) is 3.89. The van der Waals surface area contributed by atoms with Crippen LogP contribution in [0.2, 0.25) is 0 Å². The Kier molecular flexibility index (Phi) is 2.60. The standard InChI is InChI=1S/C13H12FN3O/c14-9-2-1-3-10-13(9)8(6-16-10)11-7-17-12(18-11)4-5-15/h1-3,6-7,16H,4-5,15H2. The van der Waals surface area contributed by atoms with Gasteiger partial charge in [-0.3, -0.25) is 0 Å². The molecule has 0 fully saturated rings. The van der Waals surface area contributed by atoms with Crippen molar-refractivity contribution in [2.75, 3.05) is 6.54 Å². The molecular weight excluding hydrogens is 233 g/mol. The summed E-state index contributed by atoms with van der Waals surface area (Å²) < 4.78 is 19.4. The molecule has 3 N–H and O–H groups in total. The third-order valence-corrected chi connectivity index (χ3v) is 2.83. The molecule has 18 heavy (non-hydrogen) atoms. The molecule has 0 amide bonds. The van der Waals surface area contributed by atoms with E-state index in [1.807, 2.05) is 6.07 Å². The van der Waals surface area contributed by atoms with Crippen molar-refractivity contribution in [2.45, 2.75) is 6.42 Å². The number of halogens is 1. The predicted molar refractivity (Wildman–Crippen MR) is 66.5 cm³/mol. The smallest absolute Gasteiger partial charge is 0.196 e. The van der Waals surface area contributed by atoms with E-state index in [4.69, 9.17) is 10.2 Å². The first-order valence-corrected chi connectivity index (χ1v) is 5.70. The van der Waals surface area contributed by atoms with E-state index in [-0.39, 0.29) is 5.82 Å². The van der Waals surface area contributed by atoms with Gasteiger partial charge in [-0.05, 0) is 12.1 Å². The maximum atomic E-state index is 13.8. The minimum atomic E-state index is -0.277. The number of benzene rings is 1. The van der Waals surface area contributed by atoms with Crippen molar-refractivity contribution in [1.82, 2.24) is 9.97 Å². The highest BCUT2D eigenvalue weighted by Gasteiger charge is 2.14. The lowest BCUT2D eigenvalue weighted by atomic mass is 10.1. The molecule has 0 radical (unpaired) electrons. The van der Waals surface area contributed by atoms with Gasteiger partial charge < -0.3 is 15.1 Å². The van der Waals surface area contributed by atoms with Crippen LogP contribution in [0.5, 0.6) is 0 Å². The summed E-state index contributed by atoms with van der Waals surface area (Å²) in [6.45, 7) is 0.474. The number of H-pyrrole nitrogens is 1. The van der Waals surface area contributed by atoms with E-state index >= 15 is 0 Å². The van der Waals surface area contributed by atoms with Gasteiger partial charge in [0.15, 0.2) is 11.7 Å². The van der Waals surface area contributed by atoms with E-state index in [0.717, 1.165) is 5.52 Å². The number of aromatic nitrogens is 2. The molecule has 2 heterocycles. The van der Waals surface area contributed by atoms with Crippen molar-refractivity contribution in [3.63, 3.8) is 0 Å². The number of fused-ring (bicyclic) bond motifs is 1.